The van der Waals surface area contributed by atoms with Crippen molar-refractivity contribution in [1.29, 1.82) is 0 Å². The van der Waals surface area contributed by atoms with E-state index in [0.717, 1.165) is 42.7 Å². The maximum Gasteiger partial charge on any atom is 0.272 e. The van der Waals surface area contributed by atoms with E-state index in [9.17, 15) is 13.2 Å². The fourth-order valence-electron chi connectivity index (χ4n) is 4.06. The highest BCUT2D eigenvalue weighted by atomic mass is 32.2. The number of carbonyl (C=O) groups is 1. The number of carbonyl (C=O) groups excluding carboxylic acids is 1. The van der Waals surface area contributed by atoms with E-state index in [1.807, 2.05) is 24.3 Å². The van der Waals surface area contributed by atoms with Gasteiger partial charge in [0.25, 0.3) is 5.91 Å². The maximum absolute atomic E-state index is 12.7. The number of hydrogen-bond acceptors (Lipinski definition) is 5. The smallest absolute Gasteiger partial charge is 0.272 e. The molecular weight excluding hydrogens is 378 g/mol. The monoisotopic (exact) mass is 403 g/mol. The van der Waals surface area contributed by atoms with E-state index in [-0.39, 0.29) is 29.5 Å². The molecule has 1 aromatic carbocycles. The van der Waals surface area contributed by atoms with E-state index < -0.39 is 9.84 Å². The number of methoxy groups -OCH3 is 1. The van der Waals surface area contributed by atoms with E-state index >= 15 is 0 Å². The van der Waals surface area contributed by atoms with Gasteiger partial charge in [0.15, 0.2) is 15.5 Å². The topological polar surface area (TPSA) is 90.3 Å². The second kappa shape index (κ2) is 7.58. The first-order chi connectivity index (χ1) is 13.4. The molecule has 1 N–H and O–H groups in total. The van der Waals surface area contributed by atoms with Gasteiger partial charge in [0, 0.05) is 11.6 Å². The molecule has 7 nitrogen and oxygen atoms in total. The maximum atomic E-state index is 12.7. The van der Waals surface area contributed by atoms with Gasteiger partial charge in [0.05, 0.1) is 30.4 Å². The molecule has 1 atom stereocenters. The van der Waals surface area contributed by atoms with Crippen molar-refractivity contribution in [2.24, 2.45) is 0 Å². The van der Waals surface area contributed by atoms with Gasteiger partial charge >= 0.3 is 0 Å². The summed E-state index contributed by atoms with van der Waals surface area (Å²) in [7, 11) is -1.46. The molecule has 2 aliphatic rings. The lowest BCUT2D eigenvalue weighted by Gasteiger charge is -2.13. The van der Waals surface area contributed by atoms with Crippen LogP contribution < -0.4 is 10.1 Å². The number of rotatable bonds is 5. The Bertz CT molecular complexity index is 960. The standard InChI is InChI=1S/C20H25N3O4S/c1-27-17-8-6-14(7-9-17)19-12-18(20(24)21-15-4-2-3-5-15)22-23(19)16-10-11-28(25,26)13-16/h6-9,12,15-16H,2-5,10-11,13H2,1H3,(H,21,24). The van der Waals surface area contributed by atoms with Crippen molar-refractivity contribution >= 4 is 15.7 Å². The van der Waals surface area contributed by atoms with Crippen LogP contribution in [0.1, 0.15) is 48.6 Å². The summed E-state index contributed by atoms with van der Waals surface area (Å²) in [5.74, 6) is 0.753. The van der Waals surface area contributed by atoms with E-state index in [2.05, 4.69) is 10.4 Å². The van der Waals surface area contributed by atoms with Crippen molar-refractivity contribution in [3.8, 4) is 17.0 Å². The molecule has 4 rings (SSSR count). The Kier molecular flexibility index (Phi) is 5.14. The lowest BCUT2D eigenvalue weighted by Crippen LogP contribution is -2.33. The molecule has 0 bridgehead atoms. The van der Waals surface area contributed by atoms with Gasteiger partial charge < -0.3 is 10.1 Å². The number of amides is 1. The number of ether oxygens (including phenoxy) is 1. The number of sulfone groups is 1. The average Bonchev–Trinajstić information content (AvgIpc) is 3.41. The Balaban J connectivity index is 1.67. The molecule has 2 heterocycles. The fraction of sp³-hybridized carbons (Fsp3) is 0.500. The third-order valence-electron chi connectivity index (χ3n) is 5.60. The van der Waals surface area contributed by atoms with Gasteiger partial charge in [0.1, 0.15) is 5.75 Å². The predicted molar refractivity (Wildman–Crippen MR) is 106 cm³/mol. The molecule has 0 radical (unpaired) electrons. The molecule has 1 saturated carbocycles. The quantitative estimate of drug-likeness (QED) is 0.829. The number of nitrogens with one attached hydrogen (secondary N) is 1. The third-order valence-corrected chi connectivity index (χ3v) is 7.35. The second-order valence-electron chi connectivity index (χ2n) is 7.60. The molecule has 8 heteroatoms. The van der Waals surface area contributed by atoms with Gasteiger partial charge in [-0.05, 0) is 49.6 Å². The van der Waals surface area contributed by atoms with E-state index in [1.54, 1.807) is 17.9 Å². The van der Waals surface area contributed by atoms with E-state index in [0.29, 0.717) is 12.1 Å². The molecule has 1 aromatic heterocycles. The zero-order chi connectivity index (χ0) is 19.7. The molecular formula is C20H25N3O4S. The molecule has 1 amide bonds. The number of nitrogens with zero attached hydrogens (tertiary/aromatic N) is 2. The summed E-state index contributed by atoms with van der Waals surface area (Å²) in [5, 5.41) is 7.59. The second-order valence-corrected chi connectivity index (χ2v) is 9.83. The Hall–Kier alpha value is -2.35. The molecule has 2 aromatic rings. The van der Waals surface area contributed by atoms with Gasteiger partial charge in [-0.3, -0.25) is 9.48 Å². The Morgan fingerprint density at radius 3 is 2.50 bits per heavy atom. The highest BCUT2D eigenvalue weighted by Crippen LogP contribution is 2.31. The van der Waals surface area contributed by atoms with Crippen LogP contribution in [0.3, 0.4) is 0 Å². The van der Waals surface area contributed by atoms with Gasteiger partial charge in [-0.2, -0.15) is 5.10 Å². The third kappa shape index (κ3) is 3.92. The minimum Gasteiger partial charge on any atom is -0.497 e. The minimum absolute atomic E-state index is 0.0571. The molecule has 1 aliphatic heterocycles. The van der Waals surface area contributed by atoms with Gasteiger partial charge in [-0.25, -0.2) is 8.42 Å². The van der Waals surface area contributed by atoms with Crippen LogP contribution >= 0.6 is 0 Å². The zero-order valence-corrected chi connectivity index (χ0v) is 16.7. The van der Waals surface area contributed by atoms with Crippen molar-refractivity contribution in [3.63, 3.8) is 0 Å². The van der Waals surface area contributed by atoms with Crippen molar-refractivity contribution < 1.29 is 17.9 Å². The normalized spacial score (nSPS) is 21.7. The van der Waals surface area contributed by atoms with Crippen LogP contribution in [0.4, 0.5) is 0 Å². The van der Waals surface area contributed by atoms with Crippen molar-refractivity contribution in [2.45, 2.75) is 44.2 Å². The van der Waals surface area contributed by atoms with Crippen LogP contribution in [0.25, 0.3) is 11.3 Å². The van der Waals surface area contributed by atoms with Crippen LogP contribution in [-0.4, -0.2) is 48.8 Å². The van der Waals surface area contributed by atoms with Gasteiger partial charge in [-0.1, -0.05) is 12.8 Å². The lowest BCUT2D eigenvalue weighted by atomic mass is 10.1. The van der Waals surface area contributed by atoms with Gasteiger partial charge in [-0.15, -0.1) is 0 Å². The minimum atomic E-state index is -3.06. The average molecular weight is 404 g/mol. The van der Waals surface area contributed by atoms with E-state index in [4.69, 9.17) is 4.74 Å². The molecule has 150 valence electrons. The summed E-state index contributed by atoms with van der Waals surface area (Å²) in [4.78, 5) is 12.7. The SMILES string of the molecule is COc1ccc(-c2cc(C(=O)NC3CCCC3)nn2C2CCS(=O)(=O)C2)cc1. The molecule has 1 aliphatic carbocycles. The van der Waals surface area contributed by atoms with Crippen molar-refractivity contribution in [3.05, 3.63) is 36.0 Å². The van der Waals surface area contributed by atoms with Gasteiger partial charge in [0.2, 0.25) is 0 Å². The van der Waals surface area contributed by atoms with Crippen LogP contribution in [0, 0.1) is 0 Å². The van der Waals surface area contributed by atoms with Crippen LogP contribution in [0.2, 0.25) is 0 Å². The first kappa shape index (κ1) is 19.0. The number of hydrogen-bond donors (Lipinski definition) is 1. The Morgan fingerprint density at radius 2 is 1.89 bits per heavy atom. The lowest BCUT2D eigenvalue weighted by molar-refractivity contribution is 0.0931. The Morgan fingerprint density at radius 1 is 1.18 bits per heavy atom. The molecule has 1 unspecified atom stereocenters. The van der Waals surface area contributed by atoms with Crippen molar-refractivity contribution in [2.75, 3.05) is 18.6 Å². The number of benzene rings is 1. The molecule has 1 saturated heterocycles. The Labute approximate surface area is 165 Å². The summed E-state index contributed by atoms with van der Waals surface area (Å²) in [6, 6.07) is 9.19. The van der Waals surface area contributed by atoms with Crippen LogP contribution in [0.5, 0.6) is 5.75 Å². The van der Waals surface area contributed by atoms with Crippen LogP contribution in [-0.2, 0) is 9.84 Å². The molecule has 2 fully saturated rings. The summed E-state index contributed by atoms with van der Waals surface area (Å²) < 4.78 is 30.9. The summed E-state index contributed by atoms with van der Waals surface area (Å²) in [5.41, 5.74) is 1.96. The first-order valence-corrected chi connectivity index (χ1v) is 11.5. The highest BCUT2D eigenvalue weighted by Gasteiger charge is 2.32. The molecule has 28 heavy (non-hydrogen) atoms. The zero-order valence-electron chi connectivity index (χ0n) is 15.9. The fourth-order valence-corrected chi connectivity index (χ4v) is 5.75. The summed E-state index contributed by atoms with van der Waals surface area (Å²) >= 11 is 0. The largest absolute Gasteiger partial charge is 0.497 e. The van der Waals surface area contributed by atoms with Crippen LogP contribution in [0.15, 0.2) is 30.3 Å². The van der Waals surface area contributed by atoms with Crippen molar-refractivity contribution in [1.82, 2.24) is 15.1 Å². The number of aromatic nitrogens is 2. The summed E-state index contributed by atoms with van der Waals surface area (Å²) in [6.07, 6.45) is 4.78. The first-order valence-electron chi connectivity index (χ1n) is 9.70. The highest BCUT2D eigenvalue weighted by molar-refractivity contribution is 7.91. The molecule has 0 spiro atoms. The summed E-state index contributed by atoms with van der Waals surface area (Å²) in [6.45, 7) is 0. The van der Waals surface area contributed by atoms with E-state index in [1.165, 1.54) is 0 Å². The predicted octanol–water partition coefficient (Wildman–Crippen LogP) is 2.59.